The van der Waals surface area contributed by atoms with Crippen molar-refractivity contribution in [3.63, 3.8) is 0 Å². The number of benzene rings is 3. The van der Waals surface area contributed by atoms with Crippen LogP contribution in [0.2, 0.25) is 0 Å². The van der Waals surface area contributed by atoms with E-state index in [1.165, 1.54) is 27.7 Å². The molecule has 1 amide bonds. The summed E-state index contributed by atoms with van der Waals surface area (Å²) in [7, 11) is 0. The average molecular weight is 537 g/mol. The molecule has 2 aromatic heterocycles. The standard InChI is InChI=1S/C24H17BrN4O2S2/c1-2-31-18-7-3-15(4-8-18)13-27-29(24-28-20-10-6-17(25)12-22(20)33-24)23(30)16-5-9-19-21(11-16)32-14-26-19/h3-14H,2H2,1H3/b27-13+. The van der Waals surface area contributed by atoms with Gasteiger partial charge in [-0.15, -0.1) is 11.3 Å². The van der Waals surface area contributed by atoms with E-state index in [1.807, 2.05) is 61.5 Å². The van der Waals surface area contributed by atoms with Crippen LogP contribution in [0.1, 0.15) is 22.8 Å². The summed E-state index contributed by atoms with van der Waals surface area (Å²) in [6.45, 7) is 2.55. The zero-order valence-corrected chi connectivity index (χ0v) is 20.7. The van der Waals surface area contributed by atoms with E-state index in [9.17, 15) is 4.79 Å². The van der Waals surface area contributed by atoms with Gasteiger partial charge in [-0.05, 0) is 73.2 Å². The summed E-state index contributed by atoms with van der Waals surface area (Å²) in [4.78, 5) is 22.5. The first kappa shape index (κ1) is 21.7. The van der Waals surface area contributed by atoms with Crippen molar-refractivity contribution in [3.8, 4) is 5.75 Å². The molecular weight excluding hydrogens is 520 g/mol. The van der Waals surface area contributed by atoms with Crippen LogP contribution in [-0.2, 0) is 0 Å². The van der Waals surface area contributed by atoms with Gasteiger partial charge in [0, 0.05) is 10.0 Å². The van der Waals surface area contributed by atoms with Crippen LogP contribution in [0.5, 0.6) is 5.75 Å². The average Bonchev–Trinajstić information content (AvgIpc) is 3.46. The quantitative estimate of drug-likeness (QED) is 0.178. The number of rotatable bonds is 6. The number of halogens is 1. The van der Waals surface area contributed by atoms with Crippen LogP contribution in [0.15, 0.2) is 75.7 Å². The van der Waals surface area contributed by atoms with E-state index in [4.69, 9.17) is 4.74 Å². The van der Waals surface area contributed by atoms with Crippen molar-refractivity contribution in [3.05, 3.63) is 81.8 Å². The number of hydrogen-bond donors (Lipinski definition) is 0. The first-order chi connectivity index (χ1) is 16.1. The maximum absolute atomic E-state index is 13.5. The van der Waals surface area contributed by atoms with Crippen molar-refractivity contribution < 1.29 is 9.53 Å². The lowest BCUT2D eigenvalue weighted by Gasteiger charge is -2.14. The van der Waals surface area contributed by atoms with Gasteiger partial charge in [-0.2, -0.15) is 10.1 Å². The lowest BCUT2D eigenvalue weighted by Crippen LogP contribution is -2.25. The number of carbonyl (C=O) groups excluding carboxylic acids is 1. The minimum absolute atomic E-state index is 0.259. The Morgan fingerprint density at radius 1 is 1.09 bits per heavy atom. The Morgan fingerprint density at radius 3 is 2.73 bits per heavy atom. The lowest BCUT2D eigenvalue weighted by atomic mass is 10.2. The Morgan fingerprint density at radius 2 is 1.91 bits per heavy atom. The van der Waals surface area contributed by atoms with Crippen molar-refractivity contribution in [2.24, 2.45) is 5.10 Å². The molecule has 0 atom stereocenters. The van der Waals surface area contributed by atoms with E-state index >= 15 is 0 Å². The Hall–Kier alpha value is -3.14. The Labute approximate surface area is 206 Å². The molecule has 2 heterocycles. The molecule has 33 heavy (non-hydrogen) atoms. The maximum Gasteiger partial charge on any atom is 0.280 e. The zero-order chi connectivity index (χ0) is 22.8. The Kier molecular flexibility index (Phi) is 6.17. The normalized spacial score (nSPS) is 11.5. The van der Waals surface area contributed by atoms with Gasteiger partial charge in [0.05, 0.1) is 38.8 Å². The van der Waals surface area contributed by atoms with E-state index < -0.39 is 0 Å². The molecule has 9 heteroatoms. The molecule has 0 spiro atoms. The maximum atomic E-state index is 13.5. The smallest absolute Gasteiger partial charge is 0.280 e. The molecule has 0 unspecified atom stereocenters. The summed E-state index contributed by atoms with van der Waals surface area (Å²) in [5.41, 5.74) is 4.82. The van der Waals surface area contributed by atoms with Crippen LogP contribution in [0.4, 0.5) is 5.13 Å². The molecule has 6 nitrogen and oxygen atoms in total. The third-order valence-corrected chi connectivity index (χ3v) is 7.08. The van der Waals surface area contributed by atoms with Crippen LogP contribution in [-0.4, -0.2) is 28.7 Å². The highest BCUT2D eigenvalue weighted by Crippen LogP contribution is 2.32. The minimum Gasteiger partial charge on any atom is -0.494 e. The number of nitrogens with zero attached hydrogens (tertiary/aromatic N) is 4. The number of hydrazone groups is 1. The second kappa shape index (κ2) is 9.38. The second-order valence-corrected chi connectivity index (χ2v) is 9.82. The van der Waals surface area contributed by atoms with Crippen LogP contribution in [0.3, 0.4) is 0 Å². The van der Waals surface area contributed by atoms with Gasteiger partial charge in [-0.1, -0.05) is 27.3 Å². The highest BCUT2D eigenvalue weighted by molar-refractivity contribution is 9.10. The van der Waals surface area contributed by atoms with Crippen molar-refractivity contribution in [1.29, 1.82) is 0 Å². The molecule has 0 radical (unpaired) electrons. The van der Waals surface area contributed by atoms with Crippen molar-refractivity contribution in [2.45, 2.75) is 6.92 Å². The van der Waals surface area contributed by atoms with Crippen LogP contribution in [0, 0.1) is 0 Å². The fourth-order valence-electron chi connectivity index (χ4n) is 3.22. The molecule has 5 aromatic rings. The number of thiazole rings is 2. The number of hydrogen-bond acceptors (Lipinski definition) is 7. The van der Waals surface area contributed by atoms with Gasteiger partial charge in [0.2, 0.25) is 5.13 Å². The number of fused-ring (bicyclic) bond motifs is 2. The summed E-state index contributed by atoms with van der Waals surface area (Å²) in [5, 5.41) is 6.40. The van der Waals surface area contributed by atoms with Crippen molar-refractivity contribution in [1.82, 2.24) is 9.97 Å². The molecule has 0 saturated carbocycles. The van der Waals surface area contributed by atoms with Crippen LogP contribution >= 0.6 is 38.6 Å². The molecular formula is C24H17BrN4O2S2. The number of ether oxygens (including phenoxy) is 1. The number of amides is 1. The molecule has 0 fully saturated rings. The van der Waals surface area contributed by atoms with E-state index in [0.717, 1.165) is 36.2 Å². The molecule has 3 aromatic carbocycles. The molecule has 0 N–H and O–H groups in total. The van der Waals surface area contributed by atoms with Gasteiger partial charge in [0.15, 0.2) is 0 Å². The Balaban J connectivity index is 1.53. The van der Waals surface area contributed by atoms with Gasteiger partial charge in [-0.3, -0.25) is 4.79 Å². The summed E-state index contributed by atoms with van der Waals surface area (Å²) in [6.07, 6.45) is 1.65. The highest BCUT2D eigenvalue weighted by atomic mass is 79.9. The lowest BCUT2D eigenvalue weighted by molar-refractivity contribution is 0.0988. The van der Waals surface area contributed by atoms with E-state index in [-0.39, 0.29) is 5.91 Å². The van der Waals surface area contributed by atoms with Crippen LogP contribution < -0.4 is 9.75 Å². The summed E-state index contributed by atoms with van der Waals surface area (Å²) < 4.78 is 8.37. The predicted molar refractivity (Wildman–Crippen MR) is 139 cm³/mol. The Bertz CT molecular complexity index is 1480. The molecule has 5 rings (SSSR count). The second-order valence-electron chi connectivity index (χ2n) is 7.01. The van der Waals surface area contributed by atoms with Crippen molar-refractivity contribution >= 4 is 76.3 Å². The molecule has 0 bridgehead atoms. The topological polar surface area (TPSA) is 67.7 Å². The number of aromatic nitrogens is 2. The minimum atomic E-state index is -0.259. The fourth-order valence-corrected chi connectivity index (χ4v) is 5.41. The third kappa shape index (κ3) is 4.66. The van der Waals surface area contributed by atoms with Crippen LogP contribution in [0.25, 0.3) is 20.4 Å². The van der Waals surface area contributed by atoms with Crippen molar-refractivity contribution in [2.75, 3.05) is 11.6 Å². The third-order valence-electron chi connectivity index (χ3n) is 4.80. The number of carbonyl (C=O) groups is 1. The summed E-state index contributed by atoms with van der Waals surface area (Å²) in [5.74, 6) is 0.530. The predicted octanol–water partition coefficient (Wildman–Crippen LogP) is 6.75. The molecule has 164 valence electrons. The zero-order valence-electron chi connectivity index (χ0n) is 17.4. The first-order valence-electron chi connectivity index (χ1n) is 10.1. The van der Waals surface area contributed by atoms with Gasteiger partial charge in [-0.25, -0.2) is 9.97 Å². The molecule has 0 aliphatic rings. The van der Waals surface area contributed by atoms with Gasteiger partial charge in [0.1, 0.15) is 5.75 Å². The van der Waals surface area contributed by atoms with E-state index in [1.54, 1.807) is 17.8 Å². The summed E-state index contributed by atoms with van der Waals surface area (Å²) in [6, 6.07) is 18.9. The van der Waals surface area contributed by atoms with Gasteiger partial charge in [0.25, 0.3) is 5.91 Å². The van der Waals surface area contributed by atoms with Gasteiger partial charge < -0.3 is 4.74 Å². The first-order valence-corrected chi connectivity index (χ1v) is 12.6. The largest absolute Gasteiger partial charge is 0.494 e. The molecule has 0 aliphatic heterocycles. The molecule has 0 aliphatic carbocycles. The van der Waals surface area contributed by atoms with E-state index in [2.05, 4.69) is 31.0 Å². The highest BCUT2D eigenvalue weighted by Gasteiger charge is 2.21. The fraction of sp³-hybridized carbons (Fsp3) is 0.0833. The van der Waals surface area contributed by atoms with E-state index in [0.29, 0.717) is 17.3 Å². The van der Waals surface area contributed by atoms with Gasteiger partial charge >= 0.3 is 0 Å². The monoisotopic (exact) mass is 536 g/mol. The summed E-state index contributed by atoms with van der Waals surface area (Å²) >= 11 is 6.40. The SMILES string of the molecule is CCOc1ccc(/C=N/N(C(=O)c2ccc3ncsc3c2)c2nc3ccc(Br)cc3s2)cc1. The molecule has 0 saturated heterocycles. The number of anilines is 1.